The van der Waals surface area contributed by atoms with Gasteiger partial charge in [-0.05, 0) is 25.5 Å². The zero-order chi connectivity index (χ0) is 16.9. The summed E-state index contributed by atoms with van der Waals surface area (Å²) in [5, 5.41) is 3.49. The molecule has 1 aromatic carbocycles. The van der Waals surface area contributed by atoms with Crippen LogP contribution >= 0.6 is 0 Å². The lowest BCUT2D eigenvalue weighted by Gasteiger charge is -2.22. The van der Waals surface area contributed by atoms with Crippen molar-refractivity contribution >= 4 is 17.0 Å². The highest BCUT2D eigenvalue weighted by Gasteiger charge is 2.24. The van der Waals surface area contributed by atoms with Crippen molar-refractivity contribution in [3.05, 3.63) is 30.1 Å². The maximum atomic E-state index is 5.27. The molecule has 0 amide bonds. The van der Waals surface area contributed by atoms with Gasteiger partial charge in [0.1, 0.15) is 5.82 Å². The molecule has 1 atom stereocenters. The molecule has 2 heterocycles. The number of hydrogen-bond acceptors (Lipinski definition) is 3. The van der Waals surface area contributed by atoms with Gasteiger partial charge in [-0.3, -0.25) is 4.99 Å². The summed E-state index contributed by atoms with van der Waals surface area (Å²) >= 11 is 0. The number of ether oxygens (including phenoxy) is 1. The molecular weight excluding hydrogens is 302 g/mol. The Morgan fingerprint density at radius 1 is 1.42 bits per heavy atom. The van der Waals surface area contributed by atoms with E-state index in [0.717, 1.165) is 50.1 Å². The molecule has 3 rings (SSSR count). The molecule has 0 saturated carbocycles. The van der Waals surface area contributed by atoms with Crippen LogP contribution in [0.15, 0.2) is 29.3 Å². The fraction of sp³-hybridized carbons (Fsp3) is 0.556. The Balaban J connectivity index is 1.58. The van der Waals surface area contributed by atoms with Crippen LogP contribution in [0.4, 0.5) is 0 Å². The minimum atomic E-state index is 0.605. The molecule has 0 radical (unpaired) electrons. The minimum absolute atomic E-state index is 0.605. The fourth-order valence-corrected chi connectivity index (χ4v) is 3.49. The normalized spacial score (nSPS) is 18.5. The first-order valence-corrected chi connectivity index (χ1v) is 8.59. The lowest BCUT2D eigenvalue weighted by Crippen LogP contribution is -2.41. The number of nitrogens with one attached hydrogen (secondary N) is 1. The standard InChI is InChI=1S/C18H27N5O/c1-14-21-16-6-4-5-7-17(16)23(14)11-9-20-18(19-2)22-10-8-15(12-22)13-24-3/h4-7,15H,8-13H2,1-3H3,(H,19,20). The number of guanidine groups is 1. The monoisotopic (exact) mass is 329 g/mol. The summed E-state index contributed by atoms with van der Waals surface area (Å²) in [6.45, 7) is 6.65. The number of rotatable bonds is 5. The fourth-order valence-electron chi connectivity index (χ4n) is 3.49. The Morgan fingerprint density at radius 2 is 2.25 bits per heavy atom. The molecule has 24 heavy (non-hydrogen) atoms. The summed E-state index contributed by atoms with van der Waals surface area (Å²) in [6, 6.07) is 8.28. The van der Waals surface area contributed by atoms with Gasteiger partial charge >= 0.3 is 0 Å². The van der Waals surface area contributed by atoms with Crippen molar-refractivity contribution in [2.24, 2.45) is 10.9 Å². The first-order chi connectivity index (χ1) is 11.7. The SMILES string of the molecule is CN=C(NCCn1c(C)nc2ccccc21)N1CCC(COC)C1. The number of likely N-dealkylation sites (tertiary alicyclic amines) is 1. The summed E-state index contributed by atoms with van der Waals surface area (Å²) in [5.74, 6) is 2.64. The number of benzene rings is 1. The van der Waals surface area contributed by atoms with Crippen LogP contribution < -0.4 is 5.32 Å². The number of aromatic nitrogens is 2. The molecule has 1 aliphatic rings. The number of aryl methyl sites for hydroxylation is 1. The lowest BCUT2D eigenvalue weighted by molar-refractivity contribution is 0.157. The maximum absolute atomic E-state index is 5.27. The smallest absolute Gasteiger partial charge is 0.193 e. The molecule has 1 aromatic heterocycles. The summed E-state index contributed by atoms with van der Waals surface area (Å²) < 4.78 is 7.53. The zero-order valence-corrected chi connectivity index (χ0v) is 14.8. The van der Waals surface area contributed by atoms with E-state index in [0.29, 0.717) is 5.92 Å². The van der Waals surface area contributed by atoms with Crippen LogP contribution in [0.3, 0.4) is 0 Å². The Hall–Kier alpha value is -2.08. The van der Waals surface area contributed by atoms with Gasteiger partial charge in [-0.25, -0.2) is 4.98 Å². The third kappa shape index (κ3) is 3.53. The van der Waals surface area contributed by atoms with Crippen LogP contribution in [0.1, 0.15) is 12.2 Å². The third-order valence-corrected chi connectivity index (χ3v) is 4.66. The number of imidazole rings is 1. The number of hydrogen-bond donors (Lipinski definition) is 1. The summed E-state index contributed by atoms with van der Waals surface area (Å²) in [7, 11) is 3.62. The quantitative estimate of drug-likeness (QED) is 0.672. The highest BCUT2D eigenvalue weighted by atomic mass is 16.5. The van der Waals surface area contributed by atoms with Gasteiger partial charge in [0, 0.05) is 46.3 Å². The van der Waals surface area contributed by atoms with E-state index in [9.17, 15) is 0 Å². The molecule has 6 nitrogen and oxygen atoms in total. The summed E-state index contributed by atoms with van der Waals surface area (Å²) in [4.78, 5) is 11.4. The third-order valence-electron chi connectivity index (χ3n) is 4.66. The molecule has 1 aliphatic heterocycles. The van der Waals surface area contributed by atoms with E-state index in [2.05, 4.69) is 49.9 Å². The number of fused-ring (bicyclic) bond motifs is 1. The Bertz CT molecular complexity index is 708. The number of aliphatic imine (C=N–C) groups is 1. The number of nitrogens with zero attached hydrogens (tertiary/aromatic N) is 4. The van der Waals surface area contributed by atoms with Crippen molar-refractivity contribution in [3.63, 3.8) is 0 Å². The largest absolute Gasteiger partial charge is 0.384 e. The van der Waals surface area contributed by atoms with Crippen LogP contribution in [-0.2, 0) is 11.3 Å². The Labute approximate surface area is 143 Å². The number of para-hydroxylation sites is 2. The van der Waals surface area contributed by atoms with Crippen LogP contribution in [0, 0.1) is 12.8 Å². The van der Waals surface area contributed by atoms with E-state index in [-0.39, 0.29) is 0 Å². The van der Waals surface area contributed by atoms with Crippen LogP contribution in [0.2, 0.25) is 0 Å². The summed E-state index contributed by atoms with van der Waals surface area (Å²) in [6.07, 6.45) is 1.17. The Morgan fingerprint density at radius 3 is 3.04 bits per heavy atom. The van der Waals surface area contributed by atoms with E-state index < -0.39 is 0 Å². The van der Waals surface area contributed by atoms with Crippen molar-refractivity contribution < 1.29 is 4.74 Å². The molecule has 130 valence electrons. The molecule has 1 saturated heterocycles. The van der Waals surface area contributed by atoms with Gasteiger partial charge in [-0.1, -0.05) is 12.1 Å². The van der Waals surface area contributed by atoms with E-state index in [1.54, 1.807) is 7.11 Å². The van der Waals surface area contributed by atoms with Crippen molar-refractivity contribution in [3.8, 4) is 0 Å². The van der Waals surface area contributed by atoms with E-state index >= 15 is 0 Å². The minimum Gasteiger partial charge on any atom is -0.384 e. The van der Waals surface area contributed by atoms with E-state index in [1.807, 2.05) is 13.1 Å². The Kier molecular flexibility index (Phi) is 5.35. The van der Waals surface area contributed by atoms with Crippen molar-refractivity contribution in [2.45, 2.75) is 19.9 Å². The molecule has 0 bridgehead atoms. The van der Waals surface area contributed by atoms with Gasteiger partial charge in [0.2, 0.25) is 0 Å². The highest BCUT2D eigenvalue weighted by molar-refractivity contribution is 5.80. The molecule has 1 unspecified atom stereocenters. The molecule has 0 spiro atoms. The predicted molar refractivity (Wildman–Crippen MR) is 97.4 cm³/mol. The number of methoxy groups -OCH3 is 1. The van der Waals surface area contributed by atoms with Crippen LogP contribution in [0.25, 0.3) is 11.0 Å². The van der Waals surface area contributed by atoms with Crippen molar-refractivity contribution in [1.82, 2.24) is 19.8 Å². The molecule has 1 N–H and O–H groups in total. The van der Waals surface area contributed by atoms with Crippen LogP contribution in [0.5, 0.6) is 0 Å². The first kappa shape index (κ1) is 16.8. The molecular formula is C18H27N5O. The molecule has 6 heteroatoms. The van der Waals surface area contributed by atoms with Crippen LogP contribution in [-0.4, -0.2) is 60.8 Å². The van der Waals surface area contributed by atoms with Crippen molar-refractivity contribution in [2.75, 3.05) is 40.4 Å². The summed E-state index contributed by atoms with van der Waals surface area (Å²) in [5.41, 5.74) is 2.24. The average Bonchev–Trinajstić information content (AvgIpc) is 3.16. The topological polar surface area (TPSA) is 54.7 Å². The molecule has 0 aliphatic carbocycles. The van der Waals surface area contributed by atoms with Gasteiger partial charge in [-0.2, -0.15) is 0 Å². The van der Waals surface area contributed by atoms with Gasteiger partial charge in [0.05, 0.1) is 17.6 Å². The second kappa shape index (κ2) is 7.66. The van der Waals surface area contributed by atoms with E-state index in [4.69, 9.17) is 4.74 Å². The maximum Gasteiger partial charge on any atom is 0.193 e. The van der Waals surface area contributed by atoms with Gasteiger partial charge in [0.15, 0.2) is 5.96 Å². The highest BCUT2D eigenvalue weighted by Crippen LogP contribution is 2.17. The average molecular weight is 329 g/mol. The van der Waals surface area contributed by atoms with E-state index in [1.165, 1.54) is 11.9 Å². The second-order valence-corrected chi connectivity index (χ2v) is 6.33. The first-order valence-electron chi connectivity index (χ1n) is 8.59. The van der Waals surface area contributed by atoms with Gasteiger partial charge < -0.3 is 19.5 Å². The predicted octanol–water partition coefficient (Wildman–Crippen LogP) is 1.89. The zero-order valence-electron chi connectivity index (χ0n) is 14.8. The lowest BCUT2D eigenvalue weighted by atomic mass is 10.1. The molecule has 1 fully saturated rings. The van der Waals surface area contributed by atoms with Gasteiger partial charge in [-0.15, -0.1) is 0 Å². The second-order valence-electron chi connectivity index (χ2n) is 6.33. The van der Waals surface area contributed by atoms with Gasteiger partial charge in [0.25, 0.3) is 0 Å². The van der Waals surface area contributed by atoms with Crippen molar-refractivity contribution in [1.29, 1.82) is 0 Å². The molecule has 2 aromatic rings.